The Bertz CT molecular complexity index is 414. The zero-order valence-corrected chi connectivity index (χ0v) is 11.7. The van der Waals surface area contributed by atoms with Crippen molar-refractivity contribution in [3.63, 3.8) is 0 Å². The Balaban J connectivity index is 2.73. The molecule has 106 valence electrons. The van der Waals surface area contributed by atoms with Gasteiger partial charge in [-0.15, -0.1) is 0 Å². The largest absolute Gasteiger partial charge is 0.466 e. The van der Waals surface area contributed by atoms with Gasteiger partial charge in [0.2, 0.25) is 0 Å². The molecule has 0 aliphatic rings. The second kappa shape index (κ2) is 7.26. The minimum absolute atomic E-state index is 0.207. The van der Waals surface area contributed by atoms with Crippen molar-refractivity contribution in [3.05, 3.63) is 35.4 Å². The third-order valence-corrected chi connectivity index (χ3v) is 2.96. The summed E-state index contributed by atoms with van der Waals surface area (Å²) in [5.74, 6) is -0.164. The molecule has 0 amide bonds. The SMILES string of the molecule is CCOC(=O)CC(O)C(O)c1cccc(C(C)C)c1. The van der Waals surface area contributed by atoms with Gasteiger partial charge in [-0.1, -0.05) is 38.1 Å². The second-order valence-corrected chi connectivity index (χ2v) is 4.85. The molecule has 2 atom stereocenters. The normalized spacial score (nSPS) is 14.2. The number of ether oxygens (including phenoxy) is 1. The summed E-state index contributed by atoms with van der Waals surface area (Å²) in [6.45, 7) is 6.08. The fraction of sp³-hybridized carbons (Fsp3) is 0.533. The molecule has 19 heavy (non-hydrogen) atoms. The van der Waals surface area contributed by atoms with E-state index in [1.54, 1.807) is 13.0 Å². The van der Waals surface area contributed by atoms with Gasteiger partial charge in [-0.25, -0.2) is 0 Å². The van der Waals surface area contributed by atoms with E-state index >= 15 is 0 Å². The first kappa shape index (κ1) is 15.7. The summed E-state index contributed by atoms with van der Waals surface area (Å²) in [5, 5.41) is 19.9. The lowest BCUT2D eigenvalue weighted by Gasteiger charge is -2.18. The zero-order chi connectivity index (χ0) is 14.4. The Morgan fingerprint density at radius 3 is 2.47 bits per heavy atom. The van der Waals surface area contributed by atoms with Gasteiger partial charge in [0, 0.05) is 0 Å². The maximum absolute atomic E-state index is 11.3. The van der Waals surface area contributed by atoms with Crippen molar-refractivity contribution in [3.8, 4) is 0 Å². The Kier molecular flexibility index (Phi) is 5.99. The predicted molar refractivity (Wildman–Crippen MR) is 72.7 cm³/mol. The summed E-state index contributed by atoms with van der Waals surface area (Å²) in [6.07, 6.45) is -2.44. The summed E-state index contributed by atoms with van der Waals surface area (Å²) in [4.78, 5) is 11.3. The standard InChI is InChI=1S/C15H22O4/c1-4-19-14(17)9-13(16)15(18)12-7-5-6-11(8-12)10(2)3/h5-8,10,13,15-16,18H,4,9H2,1-3H3. The maximum Gasteiger partial charge on any atom is 0.308 e. The minimum Gasteiger partial charge on any atom is -0.466 e. The molecule has 1 aromatic rings. The lowest BCUT2D eigenvalue weighted by molar-refractivity contribution is -0.147. The summed E-state index contributed by atoms with van der Waals surface area (Å²) in [5.41, 5.74) is 1.70. The fourth-order valence-corrected chi connectivity index (χ4v) is 1.83. The molecule has 0 aliphatic heterocycles. The van der Waals surface area contributed by atoms with Gasteiger partial charge in [0.05, 0.1) is 19.1 Å². The van der Waals surface area contributed by atoms with Crippen LogP contribution in [0.15, 0.2) is 24.3 Å². The summed E-state index contributed by atoms with van der Waals surface area (Å²) >= 11 is 0. The molecule has 2 unspecified atom stereocenters. The number of hydrogen-bond acceptors (Lipinski definition) is 4. The highest BCUT2D eigenvalue weighted by atomic mass is 16.5. The van der Waals surface area contributed by atoms with Gasteiger partial charge in [0.25, 0.3) is 0 Å². The monoisotopic (exact) mass is 266 g/mol. The number of carbonyl (C=O) groups is 1. The Hall–Kier alpha value is -1.39. The number of benzene rings is 1. The highest BCUT2D eigenvalue weighted by Crippen LogP contribution is 2.23. The van der Waals surface area contributed by atoms with Crippen molar-refractivity contribution in [2.45, 2.75) is 45.3 Å². The minimum atomic E-state index is -1.15. The molecular weight excluding hydrogens is 244 g/mol. The van der Waals surface area contributed by atoms with Gasteiger partial charge < -0.3 is 14.9 Å². The lowest BCUT2D eigenvalue weighted by Crippen LogP contribution is -2.23. The van der Waals surface area contributed by atoms with Gasteiger partial charge in [-0.05, 0) is 24.0 Å². The number of aliphatic hydroxyl groups is 2. The molecule has 4 nitrogen and oxygen atoms in total. The van der Waals surface area contributed by atoms with Crippen molar-refractivity contribution >= 4 is 5.97 Å². The molecule has 1 aromatic carbocycles. The maximum atomic E-state index is 11.3. The van der Waals surface area contributed by atoms with Gasteiger partial charge in [-0.3, -0.25) is 4.79 Å². The number of esters is 1. The van der Waals surface area contributed by atoms with E-state index in [0.717, 1.165) is 5.56 Å². The van der Waals surface area contributed by atoms with Crippen molar-refractivity contribution in [1.82, 2.24) is 0 Å². The molecule has 0 radical (unpaired) electrons. The van der Waals surface area contributed by atoms with Crippen LogP contribution in [0.1, 0.15) is 50.3 Å². The lowest BCUT2D eigenvalue weighted by atomic mass is 9.96. The molecule has 0 saturated heterocycles. The Morgan fingerprint density at radius 1 is 1.26 bits per heavy atom. The van der Waals surface area contributed by atoms with Crippen LogP contribution in [-0.4, -0.2) is 28.9 Å². The van der Waals surface area contributed by atoms with E-state index in [4.69, 9.17) is 4.74 Å². The van der Waals surface area contributed by atoms with Crippen LogP contribution in [0.4, 0.5) is 0 Å². The molecule has 0 aliphatic carbocycles. The first-order chi connectivity index (χ1) is 8.95. The number of rotatable bonds is 6. The van der Waals surface area contributed by atoms with Crippen LogP contribution in [-0.2, 0) is 9.53 Å². The predicted octanol–water partition coefficient (Wildman–Crippen LogP) is 2.16. The number of aliphatic hydroxyl groups excluding tert-OH is 2. The average molecular weight is 266 g/mol. The smallest absolute Gasteiger partial charge is 0.308 e. The van der Waals surface area contributed by atoms with Crippen LogP contribution in [0.3, 0.4) is 0 Å². The van der Waals surface area contributed by atoms with Crippen LogP contribution in [0.25, 0.3) is 0 Å². The van der Waals surface area contributed by atoms with Crippen LogP contribution in [0, 0.1) is 0 Å². The van der Waals surface area contributed by atoms with E-state index in [1.165, 1.54) is 0 Å². The molecule has 4 heteroatoms. The zero-order valence-electron chi connectivity index (χ0n) is 11.7. The molecule has 1 rings (SSSR count). The Labute approximate surface area is 114 Å². The van der Waals surface area contributed by atoms with E-state index in [-0.39, 0.29) is 13.0 Å². The van der Waals surface area contributed by atoms with Gasteiger partial charge in [-0.2, -0.15) is 0 Å². The Morgan fingerprint density at radius 2 is 1.89 bits per heavy atom. The van der Waals surface area contributed by atoms with Crippen molar-refractivity contribution < 1.29 is 19.7 Å². The van der Waals surface area contributed by atoms with Crippen LogP contribution in [0.2, 0.25) is 0 Å². The molecule has 0 spiro atoms. The molecule has 0 saturated carbocycles. The van der Waals surface area contributed by atoms with Crippen LogP contribution >= 0.6 is 0 Å². The molecule has 0 aromatic heterocycles. The van der Waals surface area contributed by atoms with Crippen molar-refractivity contribution in [1.29, 1.82) is 0 Å². The number of carbonyl (C=O) groups excluding carboxylic acids is 1. The molecule has 0 heterocycles. The first-order valence-electron chi connectivity index (χ1n) is 6.57. The van der Waals surface area contributed by atoms with Crippen molar-refractivity contribution in [2.24, 2.45) is 0 Å². The van der Waals surface area contributed by atoms with E-state index in [1.807, 2.05) is 18.2 Å². The molecule has 0 bridgehead atoms. The fourth-order valence-electron chi connectivity index (χ4n) is 1.83. The summed E-state index contributed by atoms with van der Waals surface area (Å²) in [7, 11) is 0. The van der Waals surface area contributed by atoms with E-state index in [2.05, 4.69) is 13.8 Å². The van der Waals surface area contributed by atoms with Gasteiger partial charge >= 0.3 is 5.97 Å². The topological polar surface area (TPSA) is 66.8 Å². The van der Waals surface area contributed by atoms with Gasteiger partial charge in [0.1, 0.15) is 6.10 Å². The van der Waals surface area contributed by atoms with Gasteiger partial charge in [0.15, 0.2) is 0 Å². The highest BCUT2D eigenvalue weighted by Gasteiger charge is 2.22. The van der Waals surface area contributed by atoms with Crippen LogP contribution < -0.4 is 0 Å². The first-order valence-corrected chi connectivity index (χ1v) is 6.57. The van der Waals surface area contributed by atoms with E-state index in [9.17, 15) is 15.0 Å². The third kappa shape index (κ3) is 4.65. The molecular formula is C15H22O4. The quantitative estimate of drug-likeness (QED) is 0.774. The van der Waals surface area contributed by atoms with Crippen molar-refractivity contribution in [2.75, 3.05) is 6.61 Å². The molecule has 2 N–H and O–H groups in total. The molecule has 0 fully saturated rings. The second-order valence-electron chi connectivity index (χ2n) is 4.85. The third-order valence-electron chi connectivity index (χ3n) is 2.96. The van der Waals surface area contributed by atoms with E-state index < -0.39 is 18.2 Å². The van der Waals surface area contributed by atoms with Crippen LogP contribution in [0.5, 0.6) is 0 Å². The summed E-state index contributed by atoms with van der Waals surface area (Å²) < 4.78 is 4.75. The van der Waals surface area contributed by atoms with E-state index in [0.29, 0.717) is 11.5 Å². The summed E-state index contributed by atoms with van der Waals surface area (Å²) in [6, 6.07) is 7.40. The highest BCUT2D eigenvalue weighted by molar-refractivity contribution is 5.70. The average Bonchev–Trinajstić information content (AvgIpc) is 2.38. The number of hydrogen-bond donors (Lipinski definition) is 2.